The van der Waals surface area contributed by atoms with E-state index in [1.807, 2.05) is 37.3 Å². The minimum absolute atomic E-state index is 0.0532. The summed E-state index contributed by atoms with van der Waals surface area (Å²) < 4.78 is 23.2. The zero-order chi connectivity index (χ0) is 47.6. The van der Waals surface area contributed by atoms with Crippen LogP contribution in [0.25, 0.3) is 0 Å². The molecule has 0 aromatic carbocycles. The third kappa shape index (κ3) is 18.8. The van der Waals surface area contributed by atoms with Gasteiger partial charge in [0.05, 0.1) is 73.6 Å². The maximum absolute atomic E-state index is 12.6. The molecule has 17 nitrogen and oxygen atoms in total. The third-order valence-corrected chi connectivity index (χ3v) is 11.8. The Morgan fingerprint density at radius 1 is 0.625 bits per heavy atom. The van der Waals surface area contributed by atoms with E-state index < -0.39 is 141 Å². The zero-order valence-electron chi connectivity index (χ0n) is 37.1. The number of fused-ring (bicyclic) bond motifs is 2. The Balaban J connectivity index is 1.84. The average Bonchev–Trinajstić information content (AvgIpc) is 3.19. The highest BCUT2D eigenvalue weighted by atomic mass is 16.7. The number of hydrogen-bond acceptors (Lipinski definition) is 16. The number of esters is 1. The van der Waals surface area contributed by atoms with Gasteiger partial charge in [0, 0.05) is 43.9 Å². The summed E-state index contributed by atoms with van der Waals surface area (Å²) in [7, 11) is 0. The van der Waals surface area contributed by atoms with Crippen molar-refractivity contribution < 1.29 is 84.7 Å². The Hall–Kier alpha value is -3.40. The molecule has 2 fully saturated rings. The molecule has 3 rings (SSSR count). The van der Waals surface area contributed by atoms with Crippen LogP contribution in [0.1, 0.15) is 85.5 Å². The predicted molar refractivity (Wildman–Crippen MR) is 234 cm³/mol. The van der Waals surface area contributed by atoms with Crippen LogP contribution in [0, 0.1) is 17.8 Å². The van der Waals surface area contributed by atoms with Crippen molar-refractivity contribution >= 4 is 11.9 Å². The molecule has 3 aliphatic heterocycles. The Labute approximate surface area is 375 Å². The lowest BCUT2D eigenvalue weighted by atomic mass is 9.82. The van der Waals surface area contributed by atoms with Gasteiger partial charge in [-0.05, 0) is 33.1 Å². The Morgan fingerprint density at radius 2 is 1.20 bits per heavy atom. The number of carboxylic acids is 1. The Bertz CT molecular complexity index is 1630. The Kier molecular flexibility index (Phi) is 23.4. The molecule has 1 unspecified atom stereocenters. The number of aliphatic hydroxyl groups is 10. The first kappa shape index (κ1) is 54.9. The number of ether oxygens (including phenoxy) is 4. The molecule has 0 amide bonds. The maximum Gasteiger partial charge on any atom is 0.311 e. The van der Waals surface area contributed by atoms with E-state index in [1.165, 1.54) is 0 Å². The number of hydrogen-bond donors (Lipinski definition) is 11. The SMILES string of the molecule is C[C@@H]1[C@H](O)[C@@H](C)/C=C/C=C/C=C/C=C/C=C/C=C/C=C/[C@H](O[C@@H]2O[C@H](C)[C@@H](O)C[C@H]2O)C[C@@H]2OC(O)(C[C@@H](O)C[C@@H](O)[C@H](O)CC[C@@H](O)C[C@@H](O)CC(=O)O[C@H]1C)C[C@H](O)[C@H]2C(=O)O. The van der Waals surface area contributed by atoms with Crippen LogP contribution in [0.2, 0.25) is 0 Å². The van der Waals surface area contributed by atoms with Crippen LogP contribution in [-0.4, -0.2) is 160 Å². The first-order chi connectivity index (χ1) is 30.2. The number of rotatable bonds is 3. The molecular formula is C47H72O17. The van der Waals surface area contributed by atoms with Crippen LogP contribution in [0.5, 0.6) is 0 Å². The largest absolute Gasteiger partial charge is 0.481 e. The summed E-state index contributed by atoms with van der Waals surface area (Å²) >= 11 is 0. The van der Waals surface area contributed by atoms with Crippen LogP contribution < -0.4 is 0 Å². The van der Waals surface area contributed by atoms with Crippen molar-refractivity contribution in [1.82, 2.24) is 0 Å². The van der Waals surface area contributed by atoms with Crippen molar-refractivity contribution in [1.29, 1.82) is 0 Å². The minimum atomic E-state index is -2.30. The predicted octanol–water partition coefficient (Wildman–Crippen LogP) is 1.77. The van der Waals surface area contributed by atoms with Gasteiger partial charge in [-0.2, -0.15) is 0 Å². The van der Waals surface area contributed by atoms with Gasteiger partial charge in [0.15, 0.2) is 12.1 Å². The lowest BCUT2D eigenvalue weighted by molar-refractivity contribution is -0.307. The fourth-order valence-electron chi connectivity index (χ4n) is 7.85. The number of aliphatic hydroxyl groups excluding tert-OH is 9. The molecular weight excluding hydrogens is 837 g/mol. The van der Waals surface area contributed by atoms with E-state index in [4.69, 9.17) is 18.9 Å². The topological polar surface area (TPSA) is 294 Å². The molecule has 0 radical (unpaired) electrons. The molecule has 2 bridgehead atoms. The van der Waals surface area contributed by atoms with Gasteiger partial charge in [-0.15, -0.1) is 0 Å². The average molecular weight is 909 g/mol. The van der Waals surface area contributed by atoms with Crippen LogP contribution in [-0.2, 0) is 28.5 Å². The molecule has 11 N–H and O–H groups in total. The van der Waals surface area contributed by atoms with E-state index in [1.54, 1.807) is 75.5 Å². The second kappa shape index (κ2) is 27.3. The summed E-state index contributed by atoms with van der Waals surface area (Å²) in [5, 5.41) is 118. The first-order valence-electron chi connectivity index (χ1n) is 22.1. The number of aliphatic carboxylic acids is 1. The lowest BCUT2D eigenvalue weighted by Gasteiger charge is -2.45. The fraction of sp³-hybridized carbons (Fsp3) is 0.660. The molecule has 0 aromatic rings. The summed E-state index contributed by atoms with van der Waals surface area (Å²) in [6.45, 7) is 6.82. The number of allylic oxidation sites excluding steroid dienone is 12. The van der Waals surface area contributed by atoms with Crippen molar-refractivity contribution in [3.05, 3.63) is 85.1 Å². The third-order valence-electron chi connectivity index (χ3n) is 11.8. The van der Waals surface area contributed by atoms with Crippen LogP contribution >= 0.6 is 0 Å². The number of cyclic esters (lactones) is 1. The van der Waals surface area contributed by atoms with Gasteiger partial charge >= 0.3 is 11.9 Å². The summed E-state index contributed by atoms with van der Waals surface area (Å²) in [5.74, 6) is -6.74. The molecule has 0 saturated carbocycles. The summed E-state index contributed by atoms with van der Waals surface area (Å²) in [6, 6.07) is 0. The maximum atomic E-state index is 12.6. The van der Waals surface area contributed by atoms with Crippen molar-refractivity contribution in [3.8, 4) is 0 Å². The highest BCUT2D eigenvalue weighted by Gasteiger charge is 2.50. The molecule has 3 aliphatic rings. The molecule has 2 saturated heterocycles. The van der Waals surface area contributed by atoms with Crippen molar-refractivity contribution in [2.75, 3.05) is 0 Å². The summed E-state index contributed by atoms with van der Waals surface area (Å²) in [4.78, 5) is 25.0. The second-order valence-corrected chi connectivity index (χ2v) is 17.4. The number of carbonyl (C=O) groups excluding carboxylic acids is 1. The zero-order valence-corrected chi connectivity index (χ0v) is 37.1. The highest BCUT2D eigenvalue weighted by Crippen LogP contribution is 2.38. The molecule has 0 aromatic heterocycles. The quantitative estimate of drug-likeness (QED) is 0.180. The standard InChI is InChI=1S/C47H72O17/c1-28-17-15-13-11-9-7-5-6-8-10-12-14-16-18-35(63-46-39(54)25-37(52)31(4)62-46)24-41-43(45(58)59)40(55)27-47(60,64-41)26-34(50)22-38(53)36(51)20-19-32(48)21-33(49)23-42(56)61-30(3)29(2)44(28)57/h5-18,28-41,43-44,46,48-55,57,60H,19-27H2,1-4H3,(H,58,59)/b6-5+,9-7+,10-8+,13-11+,14-12+,17-15+,18-16+/t28-,29-,30-,31+,32+,33+,34-,35-,36+,37-,38+,39+,40-,41-,43+,44+,46-,47?/m0/s1. The molecule has 0 aliphatic carbocycles. The van der Waals surface area contributed by atoms with E-state index >= 15 is 0 Å². The van der Waals surface area contributed by atoms with E-state index in [2.05, 4.69) is 0 Å². The molecule has 64 heavy (non-hydrogen) atoms. The van der Waals surface area contributed by atoms with Gasteiger partial charge < -0.3 is 75.1 Å². The van der Waals surface area contributed by atoms with Gasteiger partial charge in [0.1, 0.15) is 18.1 Å². The van der Waals surface area contributed by atoms with Crippen LogP contribution in [0.4, 0.5) is 0 Å². The lowest BCUT2D eigenvalue weighted by Crippen LogP contribution is -2.56. The number of carbonyl (C=O) groups is 2. The van der Waals surface area contributed by atoms with E-state index in [9.17, 15) is 65.8 Å². The highest BCUT2D eigenvalue weighted by molar-refractivity contribution is 5.71. The normalized spacial score (nSPS) is 44.8. The molecule has 17 heteroatoms. The first-order valence-corrected chi connectivity index (χ1v) is 22.1. The minimum Gasteiger partial charge on any atom is -0.481 e. The molecule has 18 atom stereocenters. The van der Waals surface area contributed by atoms with Gasteiger partial charge in [-0.25, -0.2) is 0 Å². The van der Waals surface area contributed by atoms with E-state index in [0.717, 1.165) is 0 Å². The van der Waals surface area contributed by atoms with Gasteiger partial charge in [-0.3, -0.25) is 9.59 Å². The van der Waals surface area contributed by atoms with Crippen molar-refractivity contribution in [2.45, 2.75) is 177 Å². The van der Waals surface area contributed by atoms with E-state index in [0.29, 0.717) is 0 Å². The van der Waals surface area contributed by atoms with Crippen LogP contribution in [0.15, 0.2) is 85.1 Å². The smallest absolute Gasteiger partial charge is 0.311 e. The van der Waals surface area contributed by atoms with Crippen molar-refractivity contribution in [3.63, 3.8) is 0 Å². The molecule has 3 heterocycles. The van der Waals surface area contributed by atoms with Gasteiger partial charge in [-0.1, -0.05) is 98.9 Å². The molecule has 362 valence electrons. The van der Waals surface area contributed by atoms with Crippen LogP contribution in [0.3, 0.4) is 0 Å². The van der Waals surface area contributed by atoms with E-state index in [-0.39, 0.29) is 38.0 Å². The summed E-state index contributed by atoms with van der Waals surface area (Å²) in [5.41, 5.74) is 0. The Morgan fingerprint density at radius 3 is 1.80 bits per heavy atom. The van der Waals surface area contributed by atoms with Crippen molar-refractivity contribution in [2.24, 2.45) is 17.8 Å². The fourth-order valence-corrected chi connectivity index (χ4v) is 7.85. The summed E-state index contributed by atoms with van der Waals surface area (Å²) in [6.07, 6.45) is 4.72. The number of carboxylic acid groups (broad SMARTS) is 1. The molecule has 0 spiro atoms. The second-order valence-electron chi connectivity index (χ2n) is 17.4. The monoisotopic (exact) mass is 908 g/mol. The van der Waals surface area contributed by atoms with Gasteiger partial charge in [0.2, 0.25) is 0 Å². The van der Waals surface area contributed by atoms with Gasteiger partial charge in [0.25, 0.3) is 0 Å².